The molecule has 15 heavy (non-hydrogen) atoms. The Morgan fingerprint density at radius 2 is 2.67 bits per heavy atom. The molecule has 0 bridgehead atoms. The normalized spacial score (nSPS) is 24.0. The molecule has 0 spiro atoms. The van der Waals surface area contributed by atoms with Gasteiger partial charge in [0.25, 0.3) is 0 Å². The Labute approximate surface area is 93.6 Å². The minimum atomic E-state index is -0.437. The lowest BCUT2D eigenvalue weighted by atomic mass is 10.1. The number of aliphatic hydroxyl groups excluding tert-OH is 1. The average Bonchev–Trinajstić information content (AvgIpc) is 2.65. The Morgan fingerprint density at radius 1 is 1.80 bits per heavy atom. The number of rotatable bonds is 3. The van der Waals surface area contributed by atoms with Crippen LogP contribution in [0.3, 0.4) is 0 Å². The van der Waals surface area contributed by atoms with Gasteiger partial charge in [-0.15, -0.1) is 0 Å². The number of hydrogen-bond donors (Lipinski definition) is 1. The Hall–Kier alpha value is -0.520. The van der Waals surface area contributed by atoms with E-state index in [0.29, 0.717) is 6.42 Å². The Bertz CT molecular complexity index is 310. The number of nitrogens with zero attached hydrogens (tertiary/aromatic N) is 2. The maximum Gasteiger partial charge on any atom is 0.0928 e. The van der Waals surface area contributed by atoms with Crippen molar-refractivity contribution in [2.45, 2.75) is 18.6 Å². The number of ether oxygens (including phenoxy) is 1. The average molecular weight is 228 g/mol. The highest BCUT2D eigenvalue weighted by Gasteiger charge is 2.23. The molecule has 0 radical (unpaired) electrons. The molecule has 4 nitrogen and oxygen atoms in total. The molecule has 1 aliphatic heterocycles. The molecule has 0 aromatic carbocycles. The summed E-state index contributed by atoms with van der Waals surface area (Å²) in [5, 5.41) is 14.2. The second-order valence-electron chi connectivity index (χ2n) is 3.74. The molecule has 1 saturated heterocycles. The lowest BCUT2D eigenvalue weighted by Gasteiger charge is -2.26. The summed E-state index contributed by atoms with van der Waals surface area (Å²) in [6, 6.07) is 1.93. The van der Waals surface area contributed by atoms with Crippen molar-refractivity contribution in [1.82, 2.24) is 9.78 Å². The molecule has 2 atom stereocenters. The number of aromatic nitrogens is 2. The third kappa shape index (κ3) is 2.96. The van der Waals surface area contributed by atoms with Crippen LogP contribution in [0.15, 0.2) is 12.3 Å². The molecular weight excluding hydrogens is 212 g/mol. The topological polar surface area (TPSA) is 47.3 Å². The van der Waals surface area contributed by atoms with Crippen LogP contribution in [0, 0.1) is 0 Å². The molecule has 0 amide bonds. The van der Waals surface area contributed by atoms with Crippen molar-refractivity contribution in [3.05, 3.63) is 18.0 Å². The van der Waals surface area contributed by atoms with Crippen LogP contribution in [0.25, 0.3) is 0 Å². The summed E-state index contributed by atoms with van der Waals surface area (Å²) in [7, 11) is 1.88. The maximum absolute atomic E-state index is 9.95. The third-order valence-corrected chi connectivity index (χ3v) is 3.48. The lowest BCUT2D eigenvalue weighted by molar-refractivity contribution is -0.0212. The van der Waals surface area contributed by atoms with Gasteiger partial charge in [-0.25, -0.2) is 0 Å². The summed E-state index contributed by atoms with van der Waals surface area (Å²) in [4.78, 5) is 0. The molecule has 0 aliphatic carbocycles. The molecule has 1 aromatic heterocycles. The molecule has 1 N–H and O–H groups in total. The predicted molar refractivity (Wildman–Crippen MR) is 60.0 cm³/mol. The highest BCUT2D eigenvalue weighted by Crippen LogP contribution is 2.17. The van der Waals surface area contributed by atoms with Gasteiger partial charge in [-0.05, 0) is 6.07 Å². The summed E-state index contributed by atoms with van der Waals surface area (Å²) in [5.74, 6) is 1.92. The molecule has 1 fully saturated rings. The van der Waals surface area contributed by atoms with Gasteiger partial charge in [0.2, 0.25) is 0 Å². The van der Waals surface area contributed by atoms with Crippen molar-refractivity contribution in [3.8, 4) is 0 Å². The Morgan fingerprint density at radius 3 is 3.27 bits per heavy atom. The Kier molecular flexibility index (Phi) is 3.66. The minimum absolute atomic E-state index is 0.0363. The van der Waals surface area contributed by atoms with Crippen molar-refractivity contribution < 1.29 is 9.84 Å². The van der Waals surface area contributed by atoms with Gasteiger partial charge >= 0.3 is 0 Å². The van der Waals surface area contributed by atoms with E-state index in [2.05, 4.69) is 5.10 Å². The molecule has 2 heterocycles. The van der Waals surface area contributed by atoms with Crippen molar-refractivity contribution in [3.63, 3.8) is 0 Å². The minimum Gasteiger partial charge on any atom is -0.390 e. The van der Waals surface area contributed by atoms with Gasteiger partial charge in [0.1, 0.15) is 0 Å². The fourth-order valence-corrected chi connectivity index (χ4v) is 2.58. The van der Waals surface area contributed by atoms with E-state index in [4.69, 9.17) is 4.74 Å². The molecule has 0 saturated carbocycles. The zero-order valence-electron chi connectivity index (χ0n) is 8.80. The Balaban J connectivity index is 1.88. The summed E-state index contributed by atoms with van der Waals surface area (Å²) < 4.78 is 7.26. The van der Waals surface area contributed by atoms with Crippen LogP contribution >= 0.6 is 11.8 Å². The van der Waals surface area contributed by atoms with E-state index >= 15 is 0 Å². The number of aryl methyl sites for hydroxylation is 1. The zero-order valence-corrected chi connectivity index (χ0v) is 9.61. The first-order valence-corrected chi connectivity index (χ1v) is 6.27. The first kappa shape index (κ1) is 11.0. The molecule has 84 valence electrons. The number of thioether (sulfide) groups is 1. The van der Waals surface area contributed by atoms with E-state index in [0.717, 1.165) is 23.8 Å². The van der Waals surface area contributed by atoms with E-state index in [-0.39, 0.29) is 6.10 Å². The maximum atomic E-state index is 9.95. The van der Waals surface area contributed by atoms with Crippen LogP contribution in [0.1, 0.15) is 5.69 Å². The van der Waals surface area contributed by atoms with E-state index in [1.54, 1.807) is 4.68 Å². The van der Waals surface area contributed by atoms with Gasteiger partial charge in [0.05, 0.1) is 24.5 Å². The third-order valence-electron chi connectivity index (χ3n) is 2.46. The van der Waals surface area contributed by atoms with Gasteiger partial charge in [-0.2, -0.15) is 16.9 Å². The first-order chi connectivity index (χ1) is 7.25. The van der Waals surface area contributed by atoms with Crippen LogP contribution in [0.4, 0.5) is 0 Å². The van der Waals surface area contributed by atoms with Crippen molar-refractivity contribution in [1.29, 1.82) is 0 Å². The van der Waals surface area contributed by atoms with Crippen LogP contribution < -0.4 is 0 Å². The van der Waals surface area contributed by atoms with Crippen LogP contribution in [0.2, 0.25) is 0 Å². The van der Waals surface area contributed by atoms with Gasteiger partial charge < -0.3 is 9.84 Å². The van der Waals surface area contributed by atoms with Crippen LogP contribution in [-0.2, 0) is 18.2 Å². The highest BCUT2D eigenvalue weighted by atomic mass is 32.2. The van der Waals surface area contributed by atoms with E-state index in [9.17, 15) is 5.11 Å². The largest absolute Gasteiger partial charge is 0.390 e. The molecule has 2 unspecified atom stereocenters. The molecule has 1 aliphatic rings. The number of hydrogen-bond acceptors (Lipinski definition) is 4. The summed E-state index contributed by atoms with van der Waals surface area (Å²) in [5.41, 5.74) is 0.921. The monoisotopic (exact) mass is 228 g/mol. The van der Waals surface area contributed by atoms with Crippen LogP contribution in [0.5, 0.6) is 0 Å². The standard InChI is InChI=1S/C10H16N2O2S/c1-12-3-2-8(11-12)6-9(13)10-7-15-5-4-14-10/h2-3,9-10,13H,4-7H2,1H3. The molecule has 2 rings (SSSR count). The quantitative estimate of drug-likeness (QED) is 0.816. The van der Waals surface area contributed by atoms with Crippen molar-refractivity contribution >= 4 is 11.8 Å². The summed E-state index contributed by atoms with van der Waals surface area (Å²) in [6.07, 6.45) is 1.99. The lowest BCUT2D eigenvalue weighted by Crippen LogP contribution is -2.36. The van der Waals surface area contributed by atoms with E-state index in [1.165, 1.54) is 0 Å². The second-order valence-corrected chi connectivity index (χ2v) is 4.89. The van der Waals surface area contributed by atoms with E-state index < -0.39 is 6.10 Å². The number of aliphatic hydroxyl groups is 1. The molecule has 1 aromatic rings. The van der Waals surface area contributed by atoms with Crippen LogP contribution in [-0.4, -0.2) is 45.2 Å². The molecular formula is C10H16N2O2S. The van der Waals surface area contributed by atoms with Gasteiger partial charge in [0.15, 0.2) is 0 Å². The van der Waals surface area contributed by atoms with Gasteiger partial charge in [0, 0.05) is 31.2 Å². The second kappa shape index (κ2) is 5.01. The zero-order chi connectivity index (χ0) is 10.7. The molecule has 5 heteroatoms. The summed E-state index contributed by atoms with van der Waals surface area (Å²) >= 11 is 1.84. The SMILES string of the molecule is Cn1ccc(CC(O)C2CSCCO2)n1. The van der Waals surface area contributed by atoms with Gasteiger partial charge in [-0.1, -0.05) is 0 Å². The van der Waals surface area contributed by atoms with Gasteiger partial charge in [-0.3, -0.25) is 4.68 Å². The summed E-state index contributed by atoms with van der Waals surface area (Å²) in [6.45, 7) is 0.745. The van der Waals surface area contributed by atoms with Crippen molar-refractivity contribution in [2.24, 2.45) is 7.05 Å². The van der Waals surface area contributed by atoms with E-state index in [1.807, 2.05) is 31.1 Å². The van der Waals surface area contributed by atoms with Crippen molar-refractivity contribution in [2.75, 3.05) is 18.1 Å². The highest BCUT2D eigenvalue weighted by molar-refractivity contribution is 7.99. The predicted octanol–water partition coefficient (Wildman–Crippen LogP) is 0.455. The fraction of sp³-hybridized carbons (Fsp3) is 0.700. The smallest absolute Gasteiger partial charge is 0.0928 e. The first-order valence-electron chi connectivity index (χ1n) is 5.11. The fourth-order valence-electron chi connectivity index (χ4n) is 1.65.